The summed E-state index contributed by atoms with van der Waals surface area (Å²) in [6.45, 7) is 3.07. The van der Waals surface area contributed by atoms with Crippen LogP contribution in [0.2, 0.25) is 0 Å². The molecule has 4 nitrogen and oxygen atoms in total. The van der Waals surface area contributed by atoms with E-state index >= 15 is 0 Å². The molecule has 0 unspecified atom stereocenters. The van der Waals surface area contributed by atoms with E-state index in [-0.39, 0.29) is 0 Å². The second kappa shape index (κ2) is 5.34. The molecule has 2 rings (SSSR count). The summed E-state index contributed by atoms with van der Waals surface area (Å²) in [6, 6.07) is 0. The molecule has 1 aromatic heterocycles. The Bertz CT molecular complexity index is 372. The van der Waals surface area contributed by atoms with Crippen LogP contribution in [0, 0.1) is 12.8 Å². The predicted octanol–water partition coefficient (Wildman–Crippen LogP) is 2.38. The van der Waals surface area contributed by atoms with E-state index in [0.29, 0.717) is 5.82 Å². The Morgan fingerprint density at radius 3 is 2.71 bits per heavy atom. The fourth-order valence-corrected chi connectivity index (χ4v) is 2.68. The van der Waals surface area contributed by atoms with Crippen LogP contribution in [0.4, 0.5) is 11.6 Å². The van der Waals surface area contributed by atoms with Gasteiger partial charge in [-0.15, -0.1) is 0 Å². The molecule has 1 aliphatic carbocycles. The highest BCUT2D eigenvalue weighted by Gasteiger charge is 2.17. The molecule has 4 heteroatoms. The van der Waals surface area contributed by atoms with Crippen LogP contribution in [-0.4, -0.2) is 23.6 Å². The standard InChI is InChI=1S/C13H22N4/c1-10-12(14)15-9-16-13(10)17(2)8-11-6-4-3-5-7-11/h9,11H,3-8H2,1-2H3,(H2,14,15,16). The predicted molar refractivity (Wildman–Crippen MR) is 71.0 cm³/mol. The SMILES string of the molecule is Cc1c(N)ncnc1N(C)CC1CCCCC1. The van der Waals surface area contributed by atoms with Crippen molar-refractivity contribution in [1.82, 2.24) is 9.97 Å². The molecular weight excluding hydrogens is 212 g/mol. The molecule has 1 heterocycles. The lowest BCUT2D eigenvalue weighted by molar-refractivity contribution is 0.361. The van der Waals surface area contributed by atoms with Crippen LogP contribution in [0.1, 0.15) is 37.7 Å². The average molecular weight is 234 g/mol. The van der Waals surface area contributed by atoms with Crippen molar-refractivity contribution in [3.05, 3.63) is 11.9 Å². The molecule has 0 atom stereocenters. The summed E-state index contributed by atoms with van der Waals surface area (Å²) in [5.41, 5.74) is 6.81. The number of nitrogens with two attached hydrogens (primary N) is 1. The molecule has 1 aliphatic rings. The minimum atomic E-state index is 0.588. The van der Waals surface area contributed by atoms with Crippen LogP contribution in [-0.2, 0) is 0 Å². The number of aromatic nitrogens is 2. The van der Waals surface area contributed by atoms with Gasteiger partial charge in [0.1, 0.15) is 18.0 Å². The van der Waals surface area contributed by atoms with Crippen molar-refractivity contribution in [2.24, 2.45) is 5.92 Å². The van der Waals surface area contributed by atoms with E-state index in [1.807, 2.05) is 6.92 Å². The van der Waals surface area contributed by atoms with E-state index < -0.39 is 0 Å². The lowest BCUT2D eigenvalue weighted by Crippen LogP contribution is -2.28. The minimum absolute atomic E-state index is 0.588. The molecule has 1 saturated carbocycles. The minimum Gasteiger partial charge on any atom is -0.383 e. The van der Waals surface area contributed by atoms with Crippen LogP contribution in [0.25, 0.3) is 0 Å². The van der Waals surface area contributed by atoms with Crippen LogP contribution >= 0.6 is 0 Å². The summed E-state index contributed by atoms with van der Waals surface area (Å²) in [6.07, 6.45) is 8.41. The number of hydrogen-bond donors (Lipinski definition) is 1. The largest absolute Gasteiger partial charge is 0.383 e. The van der Waals surface area contributed by atoms with E-state index in [1.165, 1.54) is 32.1 Å². The van der Waals surface area contributed by atoms with Gasteiger partial charge >= 0.3 is 0 Å². The summed E-state index contributed by atoms with van der Waals surface area (Å²) in [7, 11) is 2.10. The van der Waals surface area contributed by atoms with Crippen molar-refractivity contribution in [2.75, 3.05) is 24.2 Å². The second-order valence-electron chi connectivity index (χ2n) is 5.09. The van der Waals surface area contributed by atoms with E-state index in [9.17, 15) is 0 Å². The van der Waals surface area contributed by atoms with Gasteiger partial charge in [0.15, 0.2) is 0 Å². The number of rotatable bonds is 3. The molecule has 2 N–H and O–H groups in total. The van der Waals surface area contributed by atoms with E-state index in [1.54, 1.807) is 6.33 Å². The van der Waals surface area contributed by atoms with Crippen molar-refractivity contribution in [2.45, 2.75) is 39.0 Å². The van der Waals surface area contributed by atoms with Crippen molar-refractivity contribution in [3.8, 4) is 0 Å². The molecule has 0 radical (unpaired) electrons. The highest BCUT2D eigenvalue weighted by molar-refractivity contribution is 5.55. The zero-order valence-electron chi connectivity index (χ0n) is 10.8. The van der Waals surface area contributed by atoms with Crippen LogP contribution < -0.4 is 10.6 Å². The van der Waals surface area contributed by atoms with Crippen LogP contribution in [0.3, 0.4) is 0 Å². The highest BCUT2D eigenvalue weighted by Crippen LogP contribution is 2.26. The van der Waals surface area contributed by atoms with E-state index in [2.05, 4.69) is 21.9 Å². The Labute approximate surface area is 103 Å². The fourth-order valence-electron chi connectivity index (χ4n) is 2.68. The summed E-state index contributed by atoms with van der Waals surface area (Å²) in [4.78, 5) is 10.6. The van der Waals surface area contributed by atoms with Crippen LogP contribution in [0.15, 0.2) is 6.33 Å². The first-order chi connectivity index (χ1) is 8.18. The van der Waals surface area contributed by atoms with Crippen LogP contribution in [0.5, 0.6) is 0 Å². The maximum atomic E-state index is 5.81. The Morgan fingerprint density at radius 1 is 1.29 bits per heavy atom. The molecule has 0 amide bonds. The fraction of sp³-hybridized carbons (Fsp3) is 0.692. The Morgan fingerprint density at radius 2 is 2.00 bits per heavy atom. The molecule has 0 saturated heterocycles. The van der Waals surface area contributed by atoms with Gasteiger partial charge in [-0.25, -0.2) is 9.97 Å². The maximum absolute atomic E-state index is 5.81. The van der Waals surface area contributed by atoms with Gasteiger partial charge in [-0.3, -0.25) is 0 Å². The normalized spacial score (nSPS) is 17.1. The zero-order chi connectivity index (χ0) is 12.3. The molecule has 0 aliphatic heterocycles. The highest BCUT2D eigenvalue weighted by atomic mass is 15.2. The average Bonchev–Trinajstić information content (AvgIpc) is 2.34. The third-order valence-corrected chi connectivity index (χ3v) is 3.71. The molecule has 94 valence electrons. The molecule has 0 bridgehead atoms. The van der Waals surface area contributed by atoms with E-state index in [4.69, 9.17) is 5.73 Å². The molecule has 1 fully saturated rings. The lowest BCUT2D eigenvalue weighted by atomic mass is 9.89. The van der Waals surface area contributed by atoms with Crippen molar-refractivity contribution in [1.29, 1.82) is 0 Å². The first-order valence-corrected chi connectivity index (χ1v) is 6.46. The maximum Gasteiger partial charge on any atom is 0.136 e. The lowest BCUT2D eigenvalue weighted by Gasteiger charge is -2.28. The quantitative estimate of drug-likeness (QED) is 0.872. The van der Waals surface area contributed by atoms with Gasteiger partial charge in [0, 0.05) is 19.2 Å². The number of hydrogen-bond acceptors (Lipinski definition) is 4. The van der Waals surface area contributed by atoms with Crippen molar-refractivity contribution >= 4 is 11.6 Å². The summed E-state index contributed by atoms with van der Waals surface area (Å²) >= 11 is 0. The third-order valence-electron chi connectivity index (χ3n) is 3.71. The third kappa shape index (κ3) is 2.87. The molecule has 1 aromatic rings. The van der Waals surface area contributed by atoms with Crippen molar-refractivity contribution in [3.63, 3.8) is 0 Å². The van der Waals surface area contributed by atoms with E-state index in [0.717, 1.165) is 23.8 Å². The molecule has 0 spiro atoms. The Balaban J connectivity index is 2.03. The topological polar surface area (TPSA) is 55.0 Å². The summed E-state index contributed by atoms with van der Waals surface area (Å²) < 4.78 is 0. The Kier molecular flexibility index (Phi) is 3.82. The number of anilines is 2. The second-order valence-corrected chi connectivity index (χ2v) is 5.09. The van der Waals surface area contributed by atoms with Gasteiger partial charge in [0.25, 0.3) is 0 Å². The zero-order valence-corrected chi connectivity index (χ0v) is 10.8. The van der Waals surface area contributed by atoms with Gasteiger partial charge < -0.3 is 10.6 Å². The first-order valence-electron chi connectivity index (χ1n) is 6.46. The molecule has 0 aromatic carbocycles. The van der Waals surface area contributed by atoms with Gasteiger partial charge in [0.05, 0.1) is 0 Å². The molecule has 17 heavy (non-hydrogen) atoms. The first kappa shape index (κ1) is 12.1. The van der Waals surface area contributed by atoms with Gasteiger partial charge in [0.2, 0.25) is 0 Å². The monoisotopic (exact) mass is 234 g/mol. The smallest absolute Gasteiger partial charge is 0.136 e. The summed E-state index contributed by atoms with van der Waals surface area (Å²) in [5, 5.41) is 0. The van der Waals surface area contributed by atoms with Gasteiger partial charge in [-0.2, -0.15) is 0 Å². The number of nitrogen functional groups attached to an aromatic ring is 1. The Hall–Kier alpha value is -1.32. The van der Waals surface area contributed by atoms with Gasteiger partial charge in [-0.1, -0.05) is 19.3 Å². The van der Waals surface area contributed by atoms with Gasteiger partial charge in [-0.05, 0) is 25.7 Å². The van der Waals surface area contributed by atoms with Crippen molar-refractivity contribution < 1.29 is 0 Å². The summed E-state index contributed by atoms with van der Waals surface area (Å²) in [5.74, 6) is 2.37. The number of nitrogens with zero attached hydrogens (tertiary/aromatic N) is 3. The molecular formula is C13H22N4.